The van der Waals surface area contributed by atoms with Crippen LogP contribution in [-0.4, -0.2) is 24.8 Å². The quantitative estimate of drug-likeness (QED) is 0.811. The first-order valence-electron chi connectivity index (χ1n) is 4.91. The molecule has 0 aliphatic carbocycles. The van der Waals surface area contributed by atoms with Gasteiger partial charge in [-0.15, -0.1) is 0 Å². The smallest absolute Gasteiger partial charge is 0.0639 e. The molecule has 1 saturated heterocycles. The number of hydrogen-bond donors (Lipinski definition) is 1. The van der Waals surface area contributed by atoms with Crippen molar-refractivity contribution in [1.82, 2.24) is 0 Å². The first-order valence-corrected chi connectivity index (χ1v) is 5.29. The minimum atomic E-state index is 0.279. The molecule has 0 unspecified atom stereocenters. The average molecular weight is 212 g/mol. The number of anilines is 1. The van der Waals surface area contributed by atoms with Crippen molar-refractivity contribution < 1.29 is 5.11 Å². The van der Waals surface area contributed by atoms with Gasteiger partial charge in [0.2, 0.25) is 0 Å². The van der Waals surface area contributed by atoms with Gasteiger partial charge in [-0.3, -0.25) is 0 Å². The van der Waals surface area contributed by atoms with Crippen molar-refractivity contribution in [1.29, 1.82) is 0 Å². The summed E-state index contributed by atoms with van der Waals surface area (Å²) >= 11 is 6.09. The Kier molecular flexibility index (Phi) is 2.94. The maximum absolute atomic E-state index is 9.04. The van der Waals surface area contributed by atoms with Gasteiger partial charge in [0, 0.05) is 25.6 Å². The van der Waals surface area contributed by atoms with Gasteiger partial charge in [0.15, 0.2) is 0 Å². The molecule has 1 heterocycles. The fourth-order valence-corrected chi connectivity index (χ4v) is 2.16. The molecule has 0 bridgehead atoms. The fraction of sp³-hybridized carbons (Fsp3) is 0.455. The highest BCUT2D eigenvalue weighted by Crippen LogP contribution is 2.29. The van der Waals surface area contributed by atoms with Gasteiger partial charge in [0.1, 0.15) is 0 Å². The number of para-hydroxylation sites is 1. The normalized spacial score (nSPS) is 21.6. The van der Waals surface area contributed by atoms with Crippen LogP contribution in [-0.2, 0) is 0 Å². The largest absolute Gasteiger partial charge is 0.396 e. The molecule has 1 aromatic carbocycles. The summed E-state index contributed by atoms with van der Waals surface area (Å²) in [6, 6.07) is 7.87. The van der Waals surface area contributed by atoms with E-state index in [1.807, 2.05) is 24.3 Å². The molecule has 1 aliphatic rings. The summed E-state index contributed by atoms with van der Waals surface area (Å²) < 4.78 is 0. The van der Waals surface area contributed by atoms with Crippen LogP contribution in [0.3, 0.4) is 0 Å². The highest BCUT2D eigenvalue weighted by Gasteiger charge is 2.22. The van der Waals surface area contributed by atoms with Gasteiger partial charge in [-0.1, -0.05) is 23.7 Å². The Morgan fingerprint density at radius 3 is 2.86 bits per heavy atom. The Bertz CT molecular complexity index is 316. The zero-order valence-electron chi connectivity index (χ0n) is 7.99. The standard InChI is InChI=1S/C11H14ClNO/c12-10-3-1-2-4-11(10)13-6-5-9(7-13)8-14/h1-4,9,14H,5-8H2/t9-/m0/s1. The number of hydrogen-bond acceptors (Lipinski definition) is 2. The van der Waals surface area contributed by atoms with Crippen LogP contribution in [0.1, 0.15) is 6.42 Å². The minimum absolute atomic E-state index is 0.279. The van der Waals surface area contributed by atoms with Crippen LogP contribution < -0.4 is 4.90 Å². The summed E-state index contributed by atoms with van der Waals surface area (Å²) in [4.78, 5) is 2.24. The summed E-state index contributed by atoms with van der Waals surface area (Å²) in [6.07, 6.45) is 1.06. The van der Waals surface area contributed by atoms with Gasteiger partial charge in [0.25, 0.3) is 0 Å². The second-order valence-corrected chi connectivity index (χ2v) is 4.14. The molecule has 0 amide bonds. The molecule has 1 aliphatic heterocycles. The average Bonchev–Trinajstić information content (AvgIpc) is 2.67. The van der Waals surface area contributed by atoms with Crippen molar-refractivity contribution in [2.24, 2.45) is 5.92 Å². The van der Waals surface area contributed by atoms with E-state index in [9.17, 15) is 0 Å². The van der Waals surface area contributed by atoms with E-state index >= 15 is 0 Å². The SMILES string of the molecule is OC[C@H]1CCN(c2ccccc2Cl)C1. The van der Waals surface area contributed by atoms with Crippen molar-refractivity contribution in [2.75, 3.05) is 24.6 Å². The van der Waals surface area contributed by atoms with E-state index in [0.717, 1.165) is 30.2 Å². The summed E-state index contributed by atoms with van der Waals surface area (Å²) in [7, 11) is 0. The first kappa shape index (κ1) is 9.81. The molecule has 0 radical (unpaired) electrons. The maximum atomic E-state index is 9.04. The van der Waals surface area contributed by atoms with E-state index in [0.29, 0.717) is 5.92 Å². The Morgan fingerprint density at radius 2 is 2.21 bits per heavy atom. The molecule has 2 nitrogen and oxygen atoms in total. The lowest BCUT2D eigenvalue weighted by atomic mass is 10.1. The molecular formula is C11H14ClNO. The van der Waals surface area contributed by atoms with E-state index in [1.165, 1.54) is 0 Å². The van der Waals surface area contributed by atoms with Crippen LogP contribution in [0.5, 0.6) is 0 Å². The predicted octanol–water partition coefficient (Wildman–Crippen LogP) is 2.16. The maximum Gasteiger partial charge on any atom is 0.0639 e. The molecule has 2 rings (SSSR count). The van der Waals surface area contributed by atoms with Crippen molar-refractivity contribution in [2.45, 2.75) is 6.42 Å². The summed E-state index contributed by atoms with van der Waals surface area (Å²) in [6.45, 7) is 2.19. The molecule has 76 valence electrons. The van der Waals surface area contributed by atoms with E-state index in [-0.39, 0.29) is 6.61 Å². The molecule has 14 heavy (non-hydrogen) atoms. The molecule has 1 aromatic rings. The number of halogens is 1. The number of benzene rings is 1. The highest BCUT2D eigenvalue weighted by atomic mass is 35.5. The molecule has 1 fully saturated rings. The highest BCUT2D eigenvalue weighted by molar-refractivity contribution is 6.33. The molecule has 3 heteroatoms. The van der Waals surface area contributed by atoms with Crippen molar-refractivity contribution in [3.8, 4) is 0 Å². The third kappa shape index (κ3) is 1.86. The van der Waals surface area contributed by atoms with Crippen LogP contribution >= 0.6 is 11.6 Å². The lowest BCUT2D eigenvalue weighted by molar-refractivity contribution is 0.238. The first-order chi connectivity index (χ1) is 6.81. The van der Waals surface area contributed by atoms with Crippen molar-refractivity contribution >= 4 is 17.3 Å². The molecule has 0 spiro atoms. The number of nitrogens with zero attached hydrogens (tertiary/aromatic N) is 1. The van der Waals surface area contributed by atoms with Gasteiger partial charge in [-0.05, 0) is 18.6 Å². The molecule has 0 aromatic heterocycles. The summed E-state index contributed by atoms with van der Waals surface area (Å²) in [5.74, 6) is 0.409. The van der Waals surface area contributed by atoms with Gasteiger partial charge >= 0.3 is 0 Å². The second kappa shape index (κ2) is 4.20. The van der Waals surface area contributed by atoms with Crippen molar-refractivity contribution in [3.63, 3.8) is 0 Å². The zero-order chi connectivity index (χ0) is 9.97. The van der Waals surface area contributed by atoms with Crippen LogP contribution in [0, 0.1) is 5.92 Å². The molecule has 1 atom stereocenters. The van der Waals surface area contributed by atoms with Crippen LogP contribution in [0.4, 0.5) is 5.69 Å². The van der Waals surface area contributed by atoms with Crippen LogP contribution in [0.15, 0.2) is 24.3 Å². The van der Waals surface area contributed by atoms with Crippen molar-refractivity contribution in [3.05, 3.63) is 29.3 Å². The Balaban J connectivity index is 2.13. The zero-order valence-corrected chi connectivity index (χ0v) is 8.74. The fourth-order valence-electron chi connectivity index (χ4n) is 1.91. The Labute approximate surface area is 89.1 Å². The third-order valence-corrected chi connectivity index (χ3v) is 3.06. The number of rotatable bonds is 2. The third-order valence-electron chi connectivity index (χ3n) is 2.74. The predicted molar refractivity (Wildman–Crippen MR) is 58.9 cm³/mol. The Hall–Kier alpha value is -0.730. The van der Waals surface area contributed by atoms with E-state index in [1.54, 1.807) is 0 Å². The lowest BCUT2D eigenvalue weighted by Gasteiger charge is -2.19. The van der Waals surface area contributed by atoms with Gasteiger partial charge < -0.3 is 10.0 Å². The van der Waals surface area contributed by atoms with Gasteiger partial charge in [0.05, 0.1) is 10.7 Å². The summed E-state index contributed by atoms with van der Waals surface area (Å²) in [5, 5.41) is 9.84. The van der Waals surface area contributed by atoms with Crippen LogP contribution in [0.25, 0.3) is 0 Å². The molecule has 0 saturated carbocycles. The van der Waals surface area contributed by atoms with Crippen LogP contribution in [0.2, 0.25) is 5.02 Å². The second-order valence-electron chi connectivity index (χ2n) is 3.73. The topological polar surface area (TPSA) is 23.5 Å². The van der Waals surface area contributed by atoms with Gasteiger partial charge in [-0.2, -0.15) is 0 Å². The van der Waals surface area contributed by atoms with E-state index < -0.39 is 0 Å². The minimum Gasteiger partial charge on any atom is -0.396 e. The molecular weight excluding hydrogens is 198 g/mol. The van der Waals surface area contributed by atoms with Gasteiger partial charge in [-0.25, -0.2) is 0 Å². The van der Waals surface area contributed by atoms with E-state index in [2.05, 4.69) is 4.90 Å². The lowest BCUT2D eigenvalue weighted by Crippen LogP contribution is -2.20. The monoisotopic (exact) mass is 211 g/mol. The number of aliphatic hydroxyl groups is 1. The number of aliphatic hydroxyl groups excluding tert-OH is 1. The Morgan fingerprint density at radius 1 is 1.43 bits per heavy atom. The summed E-state index contributed by atoms with van der Waals surface area (Å²) in [5.41, 5.74) is 1.09. The molecule has 1 N–H and O–H groups in total. The van der Waals surface area contributed by atoms with E-state index in [4.69, 9.17) is 16.7 Å².